The molecule has 0 aliphatic carbocycles. The molecule has 3 rings (SSSR count). The predicted octanol–water partition coefficient (Wildman–Crippen LogP) is 1.50. The molecule has 1 aliphatic heterocycles. The first-order valence-electron chi connectivity index (χ1n) is 7.38. The first kappa shape index (κ1) is 14.5. The molecule has 1 amide bonds. The first-order valence-corrected chi connectivity index (χ1v) is 7.38. The molecule has 1 N–H and O–H groups in total. The van der Waals surface area contributed by atoms with Crippen LogP contribution in [0.1, 0.15) is 22.0 Å². The van der Waals surface area contributed by atoms with E-state index in [0.29, 0.717) is 12.1 Å². The molecule has 5 heteroatoms. The lowest BCUT2D eigenvalue weighted by molar-refractivity contribution is 0.0497. The van der Waals surface area contributed by atoms with Gasteiger partial charge in [0, 0.05) is 31.9 Å². The van der Waals surface area contributed by atoms with Gasteiger partial charge in [0.05, 0.1) is 11.6 Å². The molecule has 1 atom stereocenters. The molecule has 2 aromatic rings. The maximum atomic E-state index is 12.8. The van der Waals surface area contributed by atoms with Crippen molar-refractivity contribution < 1.29 is 4.79 Å². The Hall–Kier alpha value is -2.40. The molecule has 1 saturated heterocycles. The number of nitrogens with one attached hydrogen (secondary N) is 1. The average Bonchev–Trinajstić information content (AvgIpc) is 2.56. The van der Waals surface area contributed by atoms with E-state index in [1.54, 1.807) is 6.07 Å². The highest BCUT2D eigenvalue weighted by molar-refractivity contribution is 5.94. The number of nitrogens with zero attached hydrogens (tertiary/aromatic N) is 2. The van der Waals surface area contributed by atoms with Crippen molar-refractivity contribution in [2.24, 2.45) is 0 Å². The van der Waals surface area contributed by atoms with E-state index in [1.165, 1.54) is 12.3 Å². The Morgan fingerprint density at radius 1 is 1.14 bits per heavy atom. The van der Waals surface area contributed by atoms with E-state index in [9.17, 15) is 9.59 Å². The normalized spacial score (nSPS) is 19.1. The highest BCUT2D eigenvalue weighted by Crippen LogP contribution is 2.26. The predicted molar refractivity (Wildman–Crippen MR) is 84.8 cm³/mol. The number of rotatable bonds is 2. The van der Waals surface area contributed by atoms with Crippen molar-refractivity contribution >= 4 is 5.91 Å². The van der Waals surface area contributed by atoms with Gasteiger partial charge in [-0.15, -0.1) is 0 Å². The summed E-state index contributed by atoms with van der Waals surface area (Å²) in [5.41, 5.74) is 1.45. The van der Waals surface area contributed by atoms with Crippen LogP contribution >= 0.6 is 0 Å². The van der Waals surface area contributed by atoms with E-state index in [2.05, 4.69) is 29.1 Å². The van der Waals surface area contributed by atoms with E-state index < -0.39 is 0 Å². The van der Waals surface area contributed by atoms with Gasteiger partial charge in [-0.3, -0.25) is 9.59 Å². The molecule has 22 heavy (non-hydrogen) atoms. The fourth-order valence-electron chi connectivity index (χ4n) is 2.83. The summed E-state index contributed by atoms with van der Waals surface area (Å²) in [4.78, 5) is 30.6. The minimum absolute atomic E-state index is 0.0272. The number of piperazine rings is 1. The molecule has 1 aromatic carbocycles. The van der Waals surface area contributed by atoms with Gasteiger partial charge < -0.3 is 14.8 Å². The van der Waals surface area contributed by atoms with Crippen molar-refractivity contribution in [3.05, 3.63) is 70.1 Å². The van der Waals surface area contributed by atoms with Crippen molar-refractivity contribution in [2.75, 3.05) is 26.7 Å². The zero-order valence-electron chi connectivity index (χ0n) is 12.5. The van der Waals surface area contributed by atoms with Crippen LogP contribution in [0, 0.1) is 0 Å². The molecule has 0 radical (unpaired) electrons. The smallest absolute Gasteiger partial charge is 0.255 e. The standard InChI is InChI=1S/C17H19N3O2/c1-19-9-10-20(15(12-19)13-5-3-2-4-6-13)17(22)14-7-8-16(21)18-11-14/h2-8,11,15H,9-10,12H2,1H3,(H,18,21)/t15-/m1/s1. The number of pyridine rings is 1. The van der Waals surface area contributed by atoms with Crippen LogP contribution in [0.25, 0.3) is 0 Å². The van der Waals surface area contributed by atoms with Crippen molar-refractivity contribution in [3.63, 3.8) is 0 Å². The summed E-state index contributed by atoms with van der Waals surface area (Å²) < 4.78 is 0. The van der Waals surface area contributed by atoms with Crippen LogP contribution < -0.4 is 5.56 Å². The van der Waals surface area contributed by atoms with Crippen molar-refractivity contribution in [3.8, 4) is 0 Å². The quantitative estimate of drug-likeness (QED) is 0.914. The van der Waals surface area contributed by atoms with Crippen LogP contribution in [-0.2, 0) is 0 Å². The summed E-state index contributed by atoms with van der Waals surface area (Å²) >= 11 is 0. The third kappa shape index (κ3) is 2.94. The van der Waals surface area contributed by atoms with Gasteiger partial charge in [-0.05, 0) is 18.7 Å². The summed E-state index contributed by atoms with van der Waals surface area (Å²) in [5, 5.41) is 0. The number of benzene rings is 1. The minimum atomic E-state index is -0.200. The van der Waals surface area contributed by atoms with Crippen LogP contribution in [0.4, 0.5) is 0 Å². The van der Waals surface area contributed by atoms with Gasteiger partial charge in [-0.25, -0.2) is 0 Å². The maximum absolute atomic E-state index is 12.8. The van der Waals surface area contributed by atoms with Crippen molar-refractivity contribution in [1.82, 2.24) is 14.8 Å². The number of hydrogen-bond donors (Lipinski definition) is 1. The van der Waals surface area contributed by atoms with Crippen LogP contribution in [-0.4, -0.2) is 47.4 Å². The van der Waals surface area contributed by atoms with Gasteiger partial charge >= 0.3 is 0 Å². The summed E-state index contributed by atoms with van der Waals surface area (Å²) in [7, 11) is 2.07. The number of hydrogen-bond acceptors (Lipinski definition) is 3. The molecule has 1 aromatic heterocycles. The Labute approximate surface area is 129 Å². The third-order valence-electron chi connectivity index (χ3n) is 4.06. The van der Waals surface area contributed by atoms with Crippen molar-refractivity contribution in [2.45, 2.75) is 6.04 Å². The summed E-state index contributed by atoms with van der Waals surface area (Å²) in [5.74, 6) is -0.0433. The Kier molecular flexibility index (Phi) is 4.06. The lowest BCUT2D eigenvalue weighted by Crippen LogP contribution is -2.49. The summed E-state index contributed by atoms with van der Waals surface area (Å²) in [6, 6.07) is 13.1. The molecular weight excluding hydrogens is 278 g/mol. The Bertz CT molecular complexity index is 691. The average molecular weight is 297 g/mol. The number of carbonyl (C=O) groups excluding carboxylic acids is 1. The van der Waals surface area contributed by atoms with Gasteiger partial charge in [-0.1, -0.05) is 30.3 Å². The summed E-state index contributed by atoms with van der Waals surface area (Å²) in [6.45, 7) is 2.32. The second-order valence-corrected chi connectivity index (χ2v) is 5.63. The second-order valence-electron chi connectivity index (χ2n) is 5.63. The zero-order chi connectivity index (χ0) is 15.5. The zero-order valence-corrected chi connectivity index (χ0v) is 12.5. The van der Waals surface area contributed by atoms with E-state index in [4.69, 9.17) is 0 Å². The molecule has 114 valence electrons. The topological polar surface area (TPSA) is 56.4 Å². The highest BCUT2D eigenvalue weighted by Gasteiger charge is 2.30. The molecular formula is C17H19N3O2. The van der Waals surface area contributed by atoms with Gasteiger partial charge in [-0.2, -0.15) is 0 Å². The number of likely N-dealkylation sites (N-methyl/N-ethyl adjacent to an activating group) is 1. The Morgan fingerprint density at radius 3 is 2.59 bits per heavy atom. The highest BCUT2D eigenvalue weighted by atomic mass is 16.2. The van der Waals surface area contributed by atoms with E-state index in [-0.39, 0.29) is 17.5 Å². The molecule has 5 nitrogen and oxygen atoms in total. The molecule has 0 spiro atoms. The maximum Gasteiger partial charge on any atom is 0.255 e. The second kappa shape index (κ2) is 6.15. The van der Waals surface area contributed by atoms with Crippen LogP contribution in [0.5, 0.6) is 0 Å². The van der Waals surface area contributed by atoms with Crippen molar-refractivity contribution in [1.29, 1.82) is 0 Å². The SMILES string of the molecule is CN1CCN(C(=O)c2ccc(=O)[nH]c2)[C@@H](c2ccccc2)C1. The lowest BCUT2D eigenvalue weighted by Gasteiger charge is -2.40. The summed E-state index contributed by atoms with van der Waals surface area (Å²) in [6.07, 6.45) is 1.49. The van der Waals surface area contributed by atoms with Gasteiger partial charge in [0.2, 0.25) is 5.56 Å². The number of H-pyrrole nitrogens is 1. The minimum Gasteiger partial charge on any atom is -0.329 e. The van der Waals surface area contributed by atoms with Gasteiger partial charge in [0.15, 0.2) is 0 Å². The van der Waals surface area contributed by atoms with Crippen LogP contribution in [0.15, 0.2) is 53.5 Å². The largest absolute Gasteiger partial charge is 0.329 e. The van der Waals surface area contributed by atoms with E-state index >= 15 is 0 Å². The van der Waals surface area contributed by atoms with Gasteiger partial charge in [0.1, 0.15) is 0 Å². The number of amides is 1. The number of aromatic amines is 1. The van der Waals surface area contributed by atoms with Crippen LogP contribution in [0.3, 0.4) is 0 Å². The first-order chi connectivity index (χ1) is 10.6. The molecule has 0 bridgehead atoms. The molecule has 0 saturated carbocycles. The van der Waals surface area contributed by atoms with E-state index in [1.807, 2.05) is 23.1 Å². The number of carbonyl (C=O) groups is 1. The Balaban J connectivity index is 1.90. The molecule has 2 heterocycles. The molecule has 1 aliphatic rings. The lowest BCUT2D eigenvalue weighted by atomic mass is 10.0. The van der Waals surface area contributed by atoms with Crippen LogP contribution in [0.2, 0.25) is 0 Å². The fraction of sp³-hybridized carbons (Fsp3) is 0.294. The Morgan fingerprint density at radius 2 is 1.91 bits per heavy atom. The molecule has 0 unspecified atom stereocenters. The fourth-order valence-corrected chi connectivity index (χ4v) is 2.83. The van der Waals surface area contributed by atoms with E-state index in [0.717, 1.165) is 18.7 Å². The monoisotopic (exact) mass is 297 g/mol. The number of aromatic nitrogens is 1. The third-order valence-corrected chi connectivity index (χ3v) is 4.06. The van der Waals surface area contributed by atoms with Gasteiger partial charge in [0.25, 0.3) is 5.91 Å². The molecule has 1 fully saturated rings.